The van der Waals surface area contributed by atoms with Gasteiger partial charge in [0.25, 0.3) is 0 Å². The number of hydrogen-bond donors (Lipinski definition) is 0. The smallest absolute Gasteiger partial charge is 0.175 e. The molecule has 0 unspecified atom stereocenters. The Kier molecular flexibility index (Phi) is 5.48. The summed E-state index contributed by atoms with van der Waals surface area (Å²) < 4.78 is 13.9. The van der Waals surface area contributed by atoms with Crippen LogP contribution in [-0.2, 0) is 18.8 Å². The van der Waals surface area contributed by atoms with E-state index in [0.717, 1.165) is 38.8 Å². The monoisotopic (exact) mass is 402 g/mol. The van der Waals surface area contributed by atoms with E-state index in [1.807, 2.05) is 31.6 Å². The molecule has 6 heteroatoms. The molecule has 0 bridgehead atoms. The predicted octanol–water partition coefficient (Wildman–Crippen LogP) is 3.71. The lowest BCUT2D eigenvalue weighted by molar-refractivity contribution is 0.295. The lowest BCUT2D eigenvalue weighted by Crippen LogP contribution is -2.03. The minimum Gasteiger partial charge on any atom is -0.493 e. The van der Waals surface area contributed by atoms with Gasteiger partial charge in [0.15, 0.2) is 11.5 Å². The summed E-state index contributed by atoms with van der Waals surface area (Å²) in [4.78, 5) is 0. The SMILES string of the molecule is COc1cc(CBr)cc(Br)c1OCCc1cnn(C)c1. The molecule has 0 radical (unpaired) electrons. The van der Waals surface area contributed by atoms with E-state index in [1.165, 1.54) is 0 Å². The molecule has 0 N–H and O–H groups in total. The van der Waals surface area contributed by atoms with Gasteiger partial charge in [0.05, 0.1) is 24.4 Å². The van der Waals surface area contributed by atoms with Crippen LogP contribution >= 0.6 is 31.9 Å². The Labute approximate surface area is 135 Å². The molecule has 1 aromatic carbocycles. The first-order valence-electron chi connectivity index (χ1n) is 6.16. The van der Waals surface area contributed by atoms with Crippen molar-refractivity contribution in [1.29, 1.82) is 0 Å². The maximum Gasteiger partial charge on any atom is 0.175 e. The number of aryl methyl sites for hydroxylation is 1. The topological polar surface area (TPSA) is 36.3 Å². The standard InChI is InChI=1S/C14H16Br2N2O2/c1-18-9-10(8-17-18)3-4-20-14-12(16)5-11(7-15)6-13(14)19-2/h5-6,8-9H,3-4,7H2,1-2H3. The molecule has 0 aliphatic rings. The van der Waals surface area contributed by atoms with Gasteiger partial charge in [0, 0.05) is 25.0 Å². The summed E-state index contributed by atoms with van der Waals surface area (Å²) in [7, 11) is 3.55. The molecule has 0 saturated carbocycles. The lowest BCUT2D eigenvalue weighted by Gasteiger charge is -2.13. The van der Waals surface area contributed by atoms with Gasteiger partial charge < -0.3 is 9.47 Å². The second-order valence-electron chi connectivity index (χ2n) is 4.36. The number of methoxy groups -OCH3 is 1. The highest BCUT2D eigenvalue weighted by molar-refractivity contribution is 9.10. The van der Waals surface area contributed by atoms with Gasteiger partial charge in [0.2, 0.25) is 0 Å². The van der Waals surface area contributed by atoms with Crippen LogP contribution in [0.2, 0.25) is 0 Å². The molecule has 0 aliphatic heterocycles. The van der Waals surface area contributed by atoms with Gasteiger partial charge in [-0.05, 0) is 39.2 Å². The number of nitrogens with zero attached hydrogens (tertiary/aromatic N) is 2. The van der Waals surface area contributed by atoms with E-state index in [4.69, 9.17) is 9.47 Å². The second kappa shape index (κ2) is 7.13. The Morgan fingerprint density at radius 3 is 2.70 bits per heavy atom. The van der Waals surface area contributed by atoms with E-state index < -0.39 is 0 Å². The average Bonchev–Trinajstić information content (AvgIpc) is 2.85. The first kappa shape index (κ1) is 15.4. The van der Waals surface area contributed by atoms with Crippen LogP contribution in [0.15, 0.2) is 29.0 Å². The van der Waals surface area contributed by atoms with Crippen molar-refractivity contribution < 1.29 is 9.47 Å². The molecule has 0 saturated heterocycles. The fraction of sp³-hybridized carbons (Fsp3) is 0.357. The van der Waals surface area contributed by atoms with E-state index in [1.54, 1.807) is 11.8 Å². The number of aromatic nitrogens is 2. The third-order valence-electron chi connectivity index (χ3n) is 2.84. The van der Waals surface area contributed by atoms with Gasteiger partial charge in [-0.15, -0.1) is 0 Å². The number of halogens is 2. The number of benzene rings is 1. The van der Waals surface area contributed by atoms with Crippen LogP contribution in [0.25, 0.3) is 0 Å². The summed E-state index contributed by atoms with van der Waals surface area (Å²) >= 11 is 6.97. The maximum absolute atomic E-state index is 5.85. The number of ether oxygens (including phenoxy) is 2. The molecule has 0 fully saturated rings. The largest absolute Gasteiger partial charge is 0.493 e. The first-order valence-corrected chi connectivity index (χ1v) is 8.08. The van der Waals surface area contributed by atoms with E-state index >= 15 is 0 Å². The molecule has 20 heavy (non-hydrogen) atoms. The van der Waals surface area contributed by atoms with E-state index in [2.05, 4.69) is 37.0 Å². The van der Waals surface area contributed by atoms with Crippen LogP contribution in [0.5, 0.6) is 11.5 Å². The highest BCUT2D eigenvalue weighted by Gasteiger charge is 2.11. The fourth-order valence-electron chi connectivity index (χ4n) is 1.86. The molecule has 0 atom stereocenters. The van der Waals surface area contributed by atoms with Gasteiger partial charge in [-0.2, -0.15) is 5.10 Å². The van der Waals surface area contributed by atoms with Crippen LogP contribution in [-0.4, -0.2) is 23.5 Å². The zero-order valence-corrected chi connectivity index (χ0v) is 14.6. The van der Waals surface area contributed by atoms with Crippen LogP contribution in [0, 0.1) is 0 Å². The highest BCUT2D eigenvalue weighted by atomic mass is 79.9. The summed E-state index contributed by atoms with van der Waals surface area (Å²) in [5, 5.41) is 4.91. The van der Waals surface area contributed by atoms with Crippen molar-refractivity contribution in [2.24, 2.45) is 7.05 Å². The molecule has 4 nitrogen and oxygen atoms in total. The Hall–Kier alpha value is -1.01. The second-order valence-corrected chi connectivity index (χ2v) is 5.78. The quantitative estimate of drug-likeness (QED) is 0.690. The Balaban J connectivity index is 2.05. The van der Waals surface area contributed by atoms with Crippen molar-refractivity contribution in [2.45, 2.75) is 11.8 Å². The van der Waals surface area contributed by atoms with Crippen molar-refractivity contribution in [2.75, 3.05) is 13.7 Å². The van der Waals surface area contributed by atoms with Gasteiger partial charge in [-0.1, -0.05) is 15.9 Å². The minimum absolute atomic E-state index is 0.578. The van der Waals surface area contributed by atoms with E-state index in [9.17, 15) is 0 Å². The van der Waals surface area contributed by atoms with Crippen molar-refractivity contribution >= 4 is 31.9 Å². The third-order valence-corrected chi connectivity index (χ3v) is 4.08. The van der Waals surface area contributed by atoms with Gasteiger partial charge in [-0.25, -0.2) is 0 Å². The molecule has 0 amide bonds. The summed E-state index contributed by atoms with van der Waals surface area (Å²) in [5.41, 5.74) is 2.29. The van der Waals surface area contributed by atoms with Crippen molar-refractivity contribution in [3.8, 4) is 11.5 Å². The van der Waals surface area contributed by atoms with Gasteiger partial charge in [-0.3, -0.25) is 4.68 Å². The summed E-state index contributed by atoms with van der Waals surface area (Å²) in [5.74, 6) is 1.47. The first-order chi connectivity index (χ1) is 9.63. The molecule has 1 heterocycles. The zero-order valence-electron chi connectivity index (χ0n) is 11.4. The van der Waals surface area contributed by atoms with Gasteiger partial charge >= 0.3 is 0 Å². The van der Waals surface area contributed by atoms with Crippen molar-refractivity contribution in [1.82, 2.24) is 9.78 Å². The third kappa shape index (κ3) is 3.76. The lowest BCUT2D eigenvalue weighted by atomic mass is 10.2. The Bertz CT molecular complexity index is 585. The molecule has 2 rings (SSSR count). The normalized spacial score (nSPS) is 10.6. The fourth-order valence-corrected chi connectivity index (χ4v) is 2.79. The van der Waals surface area contributed by atoms with E-state index in [-0.39, 0.29) is 0 Å². The van der Waals surface area contributed by atoms with Crippen molar-refractivity contribution in [3.63, 3.8) is 0 Å². The van der Waals surface area contributed by atoms with Crippen LogP contribution in [0.1, 0.15) is 11.1 Å². The summed E-state index contributed by atoms with van der Waals surface area (Å²) in [6, 6.07) is 4.00. The number of hydrogen-bond acceptors (Lipinski definition) is 3. The number of rotatable bonds is 6. The molecule has 0 spiro atoms. The molecule has 2 aromatic rings. The van der Waals surface area contributed by atoms with Crippen LogP contribution < -0.4 is 9.47 Å². The molecule has 1 aromatic heterocycles. The highest BCUT2D eigenvalue weighted by Crippen LogP contribution is 2.37. The Morgan fingerprint density at radius 2 is 2.10 bits per heavy atom. The minimum atomic E-state index is 0.578. The van der Waals surface area contributed by atoms with E-state index in [0.29, 0.717) is 6.61 Å². The molecule has 0 aliphatic carbocycles. The predicted molar refractivity (Wildman–Crippen MR) is 85.7 cm³/mol. The Morgan fingerprint density at radius 1 is 1.30 bits per heavy atom. The van der Waals surface area contributed by atoms with Crippen LogP contribution in [0.4, 0.5) is 0 Å². The van der Waals surface area contributed by atoms with Gasteiger partial charge in [0.1, 0.15) is 0 Å². The molecular weight excluding hydrogens is 388 g/mol. The molecular formula is C14H16Br2N2O2. The average molecular weight is 404 g/mol. The molecule has 108 valence electrons. The number of alkyl halides is 1. The summed E-state index contributed by atoms with van der Waals surface area (Å²) in [6.07, 6.45) is 4.65. The van der Waals surface area contributed by atoms with Crippen LogP contribution in [0.3, 0.4) is 0 Å². The van der Waals surface area contributed by atoms with Crippen molar-refractivity contribution in [3.05, 3.63) is 40.1 Å². The maximum atomic E-state index is 5.85. The summed E-state index contributed by atoms with van der Waals surface area (Å²) in [6.45, 7) is 0.578. The zero-order chi connectivity index (χ0) is 14.5.